The number of ether oxygens (including phenoxy) is 1. The molecule has 122 valence electrons. The lowest BCUT2D eigenvalue weighted by molar-refractivity contribution is -0.385. The van der Waals surface area contributed by atoms with Crippen molar-refractivity contribution in [2.45, 2.75) is 32.7 Å². The molecule has 0 amide bonds. The standard InChI is InChI=1S/C17H20N2O4/c1-17(2,3)13-4-7-15(8-5-13)23-11-10-18-12-14(19(21)22)6-9-16(18)20/h4-9,12H,10-11H2,1-3H3. The fraction of sp³-hybridized carbons (Fsp3) is 0.353. The summed E-state index contributed by atoms with van der Waals surface area (Å²) < 4.78 is 6.88. The highest BCUT2D eigenvalue weighted by molar-refractivity contribution is 5.31. The van der Waals surface area contributed by atoms with Crippen molar-refractivity contribution in [1.29, 1.82) is 0 Å². The van der Waals surface area contributed by atoms with Crippen molar-refractivity contribution in [3.63, 3.8) is 0 Å². The molecule has 0 atom stereocenters. The molecule has 0 N–H and O–H groups in total. The molecule has 0 aliphatic heterocycles. The minimum absolute atomic E-state index is 0.0782. The molecule has 0 bridgehead atoms. The number of pyridine rings is 1. The molecule has 2 aromatic rings. The Morgan fingerprint density at radius 1 is 1.13 bits per heavy atom. The van der Waals surface area contributed by atoms with Gasteiger partial charge in [0.05, 0.1) is 17.7 Å². The molecule has 0 saturated heterocycles. The van der Waals surface area contributed by atoms with Crippen LogP contribution in [0.3, 0.4) is 0 Å². The summed E-state index contributed by atoms with van der Waals surface area (Å²) in [7, 11) is 0. The van der Waals surface area contributed by atoms with Gasteiger partial charge in [0.1, 0.15) is 12.4 Å². The number of nitrogens with zero attached hydrogens (tertiary/aromatic N) is 2. The van der Waals surface area contributed by atoms with E-state index in [1.807, 2.05) is 24.3 Å². The Kier molecular flexibility index (Phi) is 4.83. The quantitative estimate of drug-likeness (QED) is 0.627. The van der Waals surface area contributed by atoms with Gasteiger partial charge in [-0.2, -0.15) is 0 Å². The van der Waals surface area contributed by atoms with E-state index in [0.717, 1.165) is 0 Å². The summed E-state index contributed by atoms with van der Waals surface area (Å²) >= 11 is 0. The third-order valence-electron chi connectivity index (χ3n) is 3.50. The van der Waals surface area contributed by atoms with E-state index in [4.69, 9.17) is 4.74 Å². The van der Waals surface area contributed by atoms with E-state index >= 15 is 0 Å². The fourth-order valence-corrected chi connectivity index (χ4v) is 2.11. The van der Waals surface area contributed by atoms with Gasteiger partial charge in [0.2, 0.25) is 0 Å². The Morgan fingerprint density at radius 2 is 1.78 bits per heavy atom. The van der Waals surface area contributed by atoms with E-state index < -0.39 is 4.92 Å². The summed E-state index contributed by atoms with van der Waals surface area (Å²) in [6.45, 7) is 6.92. The highest BCUT2D eigenvalue weighted by Gasteiger charge is 2.13. The summed E-state index contributed by atoms with van der Waals surface area (Å²) in [6, 6.07) is 10.2. The summed E-state index contributed by atoms with van der Waals surface area (Å²) in [6.07, 6.45) is 1.23. The molecular formula is C17H20N2O4. The Hall–Kier alpha value is -2.63. The van der Waals surface area contributed by atoms with Crippen molar-refractivity contribution in [2.24, 2.45) is 0 Å². The van der Waals surface area contributed by atoms with Crippen LogP contribution < -0.4 is 10.3 Å². The summed E-state index contributed by atoms with van der Waals surface area (Å²) in [5, 5.41) is 10.7. The van der Waals surface area contributed by atoms with Crippen molar-refractivity contribution in [3.8, 4) is 5.75 Å². The van der Waals surface area contributed by atoms with Crippen LogP contribution in [0.4, 0.5) is 5.69 Å². The van der Waals surface area contributed by atoms with Crippen LogP contribution in [0.15, 0.2) is 47.4 Å². The van der Waals surface area contributed by atoms with E-state index in [1.165, 1.54) is 28.5 Å². The maximum Gasteiger partial charge on any atom is 0.285 e. The van der Waals surface area contributed by atoms with Crippen LogP contribution in [0, 0.1) is 10.1 Å². The van der Waals surface area contributed by atoms with Crippen LogP contribution in [-0.2, 0) is 12.0 Å². The second kappa shape index (κ2) is 6.64. The van der Waals surface area contributed by atoms with Gasteiger partial charge < -0.3 is 9.30 Å². The van der Waals surface area contributed by atoms with Crippen LogP contribution >= 0.6 is 0 Å². The van der Waals surface area contributed by atoms with Crippen molar-refractivity contribution < 1.29 is 9.66 Å². The first-order chi connectivity index (χ1) is 10.8. The molecule has 0 unspecified atom stereocenters. The van der Waals surface area contributed by atoms with Crippen molar-refractivity contribution in [2.75, 3.05) is 6.61 Å². The maximum absolute atomic E-state index is 11.7. The van der Waals surface area contributed by atoms with E-state index in [2.05, 4.69) is 20.8 Å². The molecule has 6 heteroatoms. The minimum atomic E-state index is -0.526. The van der Waals surface area contributed by atoms with Crippen molar-refractivity contribution in [1.82, 2.24) is 4.57 Å². The van der Waals surface area contributed by atoms with Gasteiger partial charge in [-0.25, -0.2) is 0 Å². The van der Waals surface area contributed by atoms with E-state index in [0.29, 0.717) is 5.75 Å². The average molecular weight is 316 g/mol. The number of nitro groups is 1. The van der Waals surface area contributed by atoms with Crippen LogP contribution in [0.25, 0.3) is 0 Å². The molecule has 2 rings (SSSR count). The maximum atomic E-state index is 11.7. The smallest absolute Gasteiger partial charge is 0.285 e. The van der Waals surface area contributed by atoms with Gasteiger partial charge in [-0.3, -0.25) is 14.9 Å². The van der Waals surface area contributed by atoms with Gasteiger partial charge in [-0.1, -0.05) is 32.9 Å². The first kappa shape index (κ1) is 16.7. The second-order valence-corrected chi connectivity index (χ2v) is 6.30. The normalized spacial score (nSPS) is 11.3. The van der Waals surface area contributed by atoms with Crippen molar-refractivity contribution >= 4 is 5.69 Å². The van der Waals surface area contributed by atoms with Crippen LogP contribution in [0.1, 0.15) is 26.3 Å². The third-order valence-corrected chi connectivity index (χ3v) is 3.50. The van der Waals surface area contributed by atoms with E-state index in [9.17, 15) is 14.9 Å². The van der Waals surface area contributed by atoms with Gasteiger partial charge >= 0.3 is 0 Å². The predicted octanol–water partition coefficient (Wildman–Crippen LogP) is 3.13. The number of rotatable bonds is 5. The highest BCUT2D eigenvalue weighted by atomic mass is 16.6. The number of aromatic nitrogens is 1. The molecule has 1 heterocycles. The third kappa shape index (κ3) is 4.42. The number of hydrogen-bond acceptors (Lipinski definition) is 4. The fourth-order valence-electron chi connectivity index (χ4n) is 2.11. The molecule has 0 radical (unpaired) electrons. The zero-order valence-electron chi connectivity index (χ0n) is 13.5. The molecule has 0 fully saturated rings. The molecule has 6 nitrogen and oxygen atoms in total. The van der Waals surface area contributed by atoms with Gasteiger partial charge in [0.25, 0.3) is 11.2 Å². The molecule has 0 aliphatic rings. The van der Waals surface area contributed by atoms with Gasteiger partial charge in [0, 0.05) is 12.1 Å². The van der Waals surface area contributed by atoms with Gasteiger partial charge in [-0.15, -0.1) is 0 Å². The molecule has 0 spiro atoms. The second-order valence-electron chi connectivity index (χ2n) is 6.30. The largest absolute Gasteiger partial charge is 0.492 e. The lowest BCUT2D eigenvalue weighted by Gasteiger charge is -2.19. The molecule has 23 heavy (non-hydrogen) atoms. The highest BCUT2D eigenvalue weighted by Crippen LogP contribution is 2.24. The molecule has 1 aromatic carbocycles. The zero-order valence-corrected chi connectivity index (χ0v) is 13.5. The molecule has 0 saturated carbocycles. The first-order valence-corrected chi connectivity index (χ1v) is 7.35. The average Bonchev–Trinajstić information content (AvgIpc) is 2.48. The monoisotopic (exact) mass is 316 g/mol. The Bertz CT molecular complexity index is 742. The van der Waals surface area contributed by atoms with Gasteiger partial charge in [0.15, 0.2) is 0 Å². The van der Waals surface area contributed by atoms with E-state index in [1.54, 1.807) is 0 Å². The number of benzene rings is 1. The lowest BCUT2D eigenvalue weighted by atomic mass is 9.87. The van der Waals surface area contributed by atoms with Crippen LogP contribution in [0.2, 0.25) is 0 Å². The SMILES string of the molecule is CC(C)(C)c1ccc(OCCn2cc([N+](=O)[O-])ccc2=O)cc1. The Balaban J connectivity index is 1.99. The Labute approximate surface area is 134 Å². The van der Waals surface area contributed by atoms with E-state index in [-0.39, 0.29) is 29.8 Å². The van der Waals surface area contributed by atoms with Crippen LogP contribution in [0.5, 0.6) is 5.75 Å². The van der Waals surface area contributed by atoms with Crippen LogP contribution in [-0.4, -0.2) is 16.1 Å². The van der Waals surface area contributed by atoms with Gasteiger partial charge in [-0.05, 0) is 23.1 Å². The minimum Gasteiger partial charge on any atom is -0.492 e. The number of hydrogen-bond donors (Lipinski definition) is 0. The summed E-state index contributed by atoms with van der Waals surface area (Å²) in [5.74, 6) is 0.705. The lowest BCUT2D eigenvalue weighted by Crippen LogP contribution is -2.22. The molecule has 1 aromatic heterocycles. The zero-order chi connectivity index (χ0) is 17.0. The molecule has 0 aliphatic carbocycles. The summed E-state index contributed by atoms with van der Waals surface area (Å²) in [4.78, 5) is 21.9. The topological polar surface area (TPSA) is 74.4 Å². The predicted molar refractivity (Wildman–Crippen MR) is 88.0 cm³/mol. The Morgan fingerprint density at radius 3 is 2.35 bits per heavy atom. The van der Waals surface area contributed by atoms with Crippen molar-refractivity contribution in [3.05, 3.63) is 68.6 Å². The summed E-state index contributed by atoms with van der Waals surface area (Å²) in [5.41, 5.74) is 0.885. The molecular weight excluding hydrogens is 296 g/mol. The first-order valence-electron chi connectivity index (χ1n) is 7.35.